The summed E-state index contributed by atoms with van der Waals surface area (Å²) in [5.74, 6) is 0.0923. The number of carbonyl (C=O) groups excluding carboxylic acids is 1. The molecule has 0 aliphatic rings. The number of hydrogen-bond acceptors (Lipinski definition) is 7. The number of anilines is 1. The molecule has 0 spiro atoms. The zero-order chi connectivity index (χ0) is 21.7. The molecule has 0 atom stereocenters. The van der Waals surface area contributed by atoms with E-state index >= 15 is 0 Å². The largest absolute Gasteiger partial charge is 0.497 e. The number of amides is 1. The number of aromatic nitrogens is 2. The summed E-state index contributed by atoms with van der Waals surface area (Å²) in [7, 11) is -2.41. The van der Waals surface area contributed by atoms with Crippen molar-refractivity contribution in [2.75, 3.05) is 19.0 Å². The number of nitrogens with one attached hydrogen (secondary N) is 2. The van der Waals surface area contributed by atoms with Crippen LogP contribution in [0.2, 0.25) is 10.0 Å². The van der Waals surface area contributed by atoms with Gasteiger partial charge >= 0.3 is 0 Å². The fourth-order valence-corrected chi connectivity index (χ4v) is 4.83. The van der Waals surface area contributed by atoms with Crippen LogP contribution in [0.15, 0.2) is 46.8 Å². The highest BCUT2D eigenvalue weighted by atomic mass is 35.5. The molecule has 3 rings (SSSR count). The van der Waals surface area contributed by atoms with Crippen LogP contribution < -0.4 is 14.8 Å². The number of halogens is 2. The van der Waals surface area contributed by atoms with Gasteiger partial charge in [-0.25, -0.2) is 13.1 Å². The predicted molar refractivity (Wildman–Crippen MR) is 116 cm³/mol. The summed E-state index contributed by atoms with van der Waals surface area (Å²) in [6.45, 7) is 0.139. The summed E-state index contributed by atoms with van der Waals surface area (Å²) < 4.78 is 33.1. The fourth-order valence-electron chi connectivity index (χ4n) is 2.50. The molecule has 0 aliphatic carbocycles. The summed E-state index contributed by atoms with van der Waals surface area (Å²) in [4.78, 5) is 12.2. The lowest BCUT2D eigenvalue weighted by Crippen LogP contribution is -2.26. The van der Waals surface area contributed by atoms with Crippen LogP contribution in [-0.4, -0.2) is 38.2 Å². The Morgan fingerprint density at radius 3 is 2.53 bits per heavy atom. The van der Waals surface area contributed by atoms with Crippen molar-refractivity contribution in [3.05, 3.63) is 63.1 Å². The zero-order valence-electron chi connectivity index (χ0n) is 15.6. The standard InChI is InChI=1S/C18H16Cl2N4O4S2/c1-28-12-4-2-11(3-5-12)6-7-22-30(26,27)16-8-13(14(19)9-15(16)20)17(25)23-18-24-21-10-29-18/h2-5,8-10,22H,6-7H2,1H3,(H,23,24,25). The van der Waals surface area contributed by atoms with E-state index in [0.717, 1.165) is 23.0 Å². The van der Waals surface area contributed by atoms with Gasteiger partial charge in [-0.15, -0.1) is 10.2 Å². The van der Waals surface area contributed by atoms with Crippen molar-refractivity contribution in [1.29, 1.82) is 0 Å². The van der Waals surface area contributed by atoms with Crippen LogP contribution in [0, 0.1) is 0 Å². The first-order valence-corrected chi connectivity index (χ1v) is 11.6. The molecule has 0 aliphatic heterocycles. The molecule has 0 saturated carbocycles. The summed E-state index contributed by atoms with van der Waals surface area (Å²) in [6.07, 6.45) is 0.457. The minimum Gasteiger partial charge on any atom is -0.497 e. The van der Waals surface area contributed by atoms with Gasteiger partial charge in [-0.3, -0.25) is 10.1 Å². The Morgan fingerprint density at radius 1 is 1.17 bits per heavy atom. The molecule has 0 saturated heterocycles. The van der Waals surface area contributed by atoms with Gasteiger partial charge in [0.15, 0.2) is 0 Å². The van der Waals surface area contributed by atoms with Crippen molar-refractivity contribution in [3.63, 3.8) is 0 Å². The van der Waals surface area contributed by atoms with Crippen molar-refractivity contribution < 1.29 is 17.9 Å². The van der Waals surface area contributed by atoms with E-state index in [9.17, 15) is 13.2 Å². The predicted octanol–water partition coefficient (Wildman–Crippen LogP) is 3.63. The molecule has 2 N–H and O–H groups in total. The van der Waals surface area contributed by atoms with Crippen LogP contribution in [0.1, 0.15) is 15.9 Å². The lowest BCUT2D eigenvalue weighted by atomic mass is 10.1. The highest BCUT2D eigenvalue weighted by molar-refractivity contribution is 7.89. The molecule has 1 heterocycles. The van der Waals surface area contributed by atoms with Crippen molar-refractivity contribution in [1.82, 2.24) is 14.9 Å². The maximum atomic E-state index is 12.7. The monoisotopic (exact) mass is 486 g/mol. The lowest BCUT2D eigenvalue weighted by Gasteiger charge is -2.12. The molecule has 1 aromatic heterocycles. The van der Waals surface area contributed by atoms with Gasteiger partial charge in [0.2, 0.25) is 15.2 Å². The van der Waals surface area contributed by atoms with Crippen molar-refractivity contribution in [2.24, 2.45) is 0 Å². The summed E-state index contributed by atoms with van der Waals surface area (Å²) >= 11 is 13.3. The molecule has 30 heavy (non-hydrogen) atoms. The summed E-state index contributed by atoms with van der Waals surface area (Å²) in [5.41, 5.74) is 2.33. The zero-order valence-corrected chi connectivity index (χ0v) is 18.7. The van der Waals surface area contributed by atoms with Gasteiger partial charge in [0.05, 0.1) is 22.7 Å². The van der Waals surface area contributed by atoms with E-state index in [4.69, 9.17) is 27.9 Å². The fraction of sp³-hybridized carbons (Fsp3) is 0.167. The summed E-state index contributed by atoms with van der Waals surface area (Å²) in [5, 5.41) is 10.0. The number of rotatable bonds is 8. The normalized spacial score (nSPS) is 11.3. The molecular weight excluding hydrogens is 471 g/mol. The lowest BCUT2D eigenvalue weighted by molar-refractivity contribution is 0.102. The maximum Gasteiger partial charge on any atom is 0.259 e. The van der Waals surface area contributed by atoms with Gasteiger partial charge in [-0.2, -0.15) is 0 Å². The van der Waals surface area contributed by atoms with Crippen LogP contribution in [-0.2, 0) is 16.4 Å². The number of ether oxygens (including phenoxy) is 1. The molecule has 1 amide bonds. The Balaban J connectivity index is 1.74. The minimum absolute atomic E-state index is 0.0131. The van der Waals surface area contributed by atoms with Gasteiger partial charge in [-0.1, -0.05) is 46.7 Å². The molecule has 0 unspecified atom stereocenters. The van der Waals surface area contributed by atoms with E-state index in [2.05, 4.69) is 20.2 Å². The third kappa shape index (κ3) is 5.46. The maximum absolute atomic E-state index is 12.7. The van der Waals surface area contributed by atoms with Crippen molar-refractivity contribution in [3.8, 4) is 5.75 Å². The third-order valence-corrected chi connectivity index (χ3v) is 6.85. The highest BCUT2D eigenvalue weighted by Gasteiger charge is 2.23. The van der Waals surface area contributed by atoms with Gasteiger partial charge in [0.25, 0.3) is 5.91 Å². The quantitative estimate of drug-likeness (QED) is 0.502. The Kier molecular flexibility index (Phi) is 7.27. The number of benzene rings is 2. The van der Waals surface area contributed by atoms with E-state index < -0.39 is 15.9 Å². The number of methoxy groups -OCH3 is 1. The first kappa shape index (κ1) is 22.4. The third-order valence-electron chi connectivity index (χ3n) is 4.00. The molecule has 12 heteroatoms. The summed E-state index contributed by atoms with van der Waals surface area (Å²) in [6, 6.07) is 9.63. The average molecular weight is 487 g/mol. The van der Waals surface area contributed by atoms with Crippen molar-refractivity contribution >= 4 is 55.6 Å². The van der Waals surface area contributed by atoms with Gasteiger partial charge in [0, 0.05) is 6.54 Å². The minimum atomic E-state index is -3.98. The smallest absolute Gasteiger partial charge is 0.259 e. The topological polar surface area (TPSA) is 110 Å². The van der Waals surface area contributed by atoms with E-state index in [0.29, 0.717) is 12.2 Å². The van der Waals surface area contributed by atoms with E-state index in [1.165, 1.54) is 11.6 Å². The SMILES string of the molecule is COc1ccc(CCNS(=O)(=O)c2cc(C(=O)Nc3nncs3)c(Cl)cc2Cl)cc1. The molecule has 0 fully saturated rings. The highest BCUT2D eigenvalue weighted by Crippen LogP contribution is 2.29. The molecule has 158 valence electrons. The second-order valence-corrected chi connectivity index (χ2v) is 9.34. The Bertz CT molecular complexity index is 1140. The van der Waals surface area contributed by atoms with Crippen LogP contribution in [0.4, 0.5) is 5.13 Å². The number of sulfonamides is 1. The Labute approximate surface area is 187 Å². The van der Waals surface area contributed by atoms with E-state index in [-0.39, 0.29) is 32.2 Å². The van der Waals surface area contributed by atoms with Gasteiger partial charge in [0.1, 0.15) is 16.2 Å². The van der Waals surface area contributed by atoms with Crippen LogP contribution in [0.5, 0.6) is 5.75 Å². The molecule has 2 aromatic carbocycles. The van der Waals surface area contributed by atoms with E-state index in [1.807, 2.05) is 12.1 Å². The number of nitrogens with zero attached hydrogens (tertiary/aromatic N) is 2. The second-order valence-electron chi connectivity index (χ2n) is 5.96. The first-order chi connectivity index (χ1) is 14.3. The second kappa shape index (κ2) is 9.71. The Morgan fingerprint density at radius 2 is 1.90 bits per heavy atom. The van der Waals surface area contributed by atoms with Crippen molar-refractivity contribution in [2.45, 2.75) is 11.3 Å². The molecule has 8 nitrogen and oxygen atoms in total. The number of hydrogen-bond donors (Lipinski definition) is 2. The molecule has 0 radical (unpaired) electrons. The first-order valence-electron chi connectivity index (χ1n) is 8.49. The number of carbonyl (C=O) groups is 1. The molecule has 0 bridgehead atoms. The van der Waals surface area contributed by atoms with Gasteiger partial charge in [-0.05, 0) is 36.2 Å². The average Bonchev–Trinajstić information content (AvgIpc) is 3.21. The molecular formula is C18H16Cl2N4O4S2. The van der Waals surface area contributed by atoms with Crippen LogP contribution >= 0.6 is 34.5 Å². The van der Waals surface area contributed by atoms with Crippen LogP contribution in [0.25, 0.3) is 0 Å². The van der Waals surface area contributed by atoms with Gasteiger partial charge < -0.3 is 4.74 Å². The Hall–Kier alpha value is -2.24. The van der Waals surface area contributed by atoms with Crippen LogP contribution in [0.3, 0.4) is 0 Å². The van der Waals surface area contributed by atoms with E-state index in [1.54, 1.807) is 19.2 Å². The molecule has 3 aromatic rings.